The van der Waals surface area contributed by atoms with Crippen LogP contribution in [0.15, 0.2) is 0 Å². The number of nitrogens with one attached hydrogen (secondary N) is 1. The summed E-state index contributed by atoms with van der Waals surface area (Å²) < 4.78 is 22.9. The van der Waals surface area contributed by atoms with Crippen LogP contribution in [0, 0.1) is 5.41 Å². The predicted octanol–water partition coefficient (Wildman–Crippen LogP) is -0.499. The smallest absolute Gasteiger partial charge is 0.148 e. The minimum atomic E-state index is -2.81. The lowest BCUT2D eigenvalue weighted by Gasteiger charge is -2.73. The van der Waals surface area contributed by atoms with Gasteiger partial charge in [0.25, 0.3) is 0 Å². The topological polar surface area (TPSA) is 52.7 Å². The largest absolute Gasteiger partial charge is 0.314 e. The zero-order valence-electron chi connectivity index (χ0n) is 11.6. The summed E-state index contributed by atoms with van der Waals surface area (Å²) >= 11 is 0. The lowest BCUT2D eigenvalue weighted by molar-refractivity contribution is -0.203. The van der Waals surface area contributed by atoms with Crippen molar-refractivity contribution in [2.45, 2.75) is 30.8 Å². The van der Waals surface area contributed by atoms with E-state index >= 15 is 0 Å². The van der Waals surface area contributed by atoms with Gasteiger partial charge in [0.15, 0.2) is 0 Å². The van der Waals surface area contributed by atoms with E-state index in [1.807, 2.05) is 0 Å². The normalized spacial score (nSPS) is 46.5. The predicted molar refractivity (Wildman–Crippen MR) is 73.7 cm³/mol. The van der Waals surface area contributed by atoms with Crippen molar-refractivity contribution < 1.29 is 8.42 Å². The van der Waals surface area contributed by atoms with Crippen molar-refractivity contribution in [3.05, 3.63) is 0 Å². The second-order valence-corrected chi connectivity index (χ2v) is 9.50. The molecule has 5 rings (SSSR count). The molecule has 0 spiro atoms. The lowest BCUT2D eigenvalue weighted by atomic mass is 9.39. The number of nitrogens with zero attached hydrogens (tertiary/aromatic N) is 2. The van der Waals surface area contributed by atoms with E-state index in [4.69, 9.17) is 0 Å². The Kier molecular flexibility index (Phi) is 2.46. The first-order valence-corrected chi connectivity index (χ1v) is 9.34. The summed E-state index contributed by atoms with van der Waals surface area (Å²) in [5, 5.41) is 3.47. The van der Waals surface area contributed by atoms with Crippen LogP contribution >= 0.6 is 0 Å². The average Bonchev–Trinajstić information content (AvgIpc) is 2.63. The monoisotopic (exact) mass is 285 g/mol. The second-order valence-electron chi connectivity index (χ2n) is 7.36. The molecule has 2 bridgehead atoms. The highest BCUT2D eigenvalue weighted by molar-refractivity contribution is 7.90. The number of piperazine rings is 1. The molecule has 1 N–H and O–H groups in total. The molecular formula is C13H23N3O2S. The van der Waals surface area contributed by atoms with Crippen molar-refractivity contribution in [3.63, 3.8) is 0 Å². The molecule has 0 aromatic heterocycles. The van der Waals surface area contributed by atoms with Crippen LogP contribution in [0.25, 0.3) is 0 Å². The number of fused-ring (bicyclic) bond motifs is 1. The summed E-state index contributed by atoms with van der Waals surface area (Å²) in [6.45, 7) is 5.64. The fraction of sp³-hybridized carbons (Fsp3) is 1.00. The minimum Gasteiger partial charge on any atom is -0.314 e. The Morgan fingerprint density at radius 1 is 1.32 bits per heavy atom. The van der Waals surface area contributed by atoms with E-state index in [1.165, 1.54) is 12.8 Å². The van der Waals surface area contributed by atoms with E-state index in [9.17, 15) is 8.42 Å². The molecule has 3 saturated carbocycles. The van der Waals surface area contributed by atoms with Crippen molar-refractivity contribution in [1.82, 2.24) is 15.1 Å². The first-order valence-electron chi connectivity index (χ1n) is 7.28. The summed E-state index contributed by atoms with van der Waals surface area (Å²) in [5.74, 6) is 0.407. The van der Waals surface area contributed by atoms with Crippen molar-refractivity contribution in [3.8, 4) is 0 Å². The maximum atomic E-state index is 11.5. The van der Waals surface area contributed by atoms with Gasteiger partial charge in [-0.15, -0.1) is 0 Å². The summed E-state index contributed by atoms with van der Waals surface area (Å²) in [6.07, 6.45) is 4.71. The van der Waals surface area contributed by atoms with Crippen LogP contribution in [0.4, 0.5) is 0 Å². The zero-order chi connectivity index (χ0) is 13.3. The van der Waals surface area contributed by atoms with Gasteiger partial charge in [0.05, 0.1) is 12.4 Å². The van der Waals surface area contributed by atoms with Crippen LogP contribution in [0.5, 0.6) is 0 Å². The summed E-state index contributed by atoms with van der Waals surface area (Å²) in [7, 11) is -2.81. The van der Waals surface area contributed by atoms with Crippen LogP contribution in [-0.2, 0) is 9.84 Å². The number of hydrogen-bond acceptors (Lipinski definition) is 5. The van der Waals surface area contributed by atoms with Gasteiger partial charge in [-0.3, -0.25) is 9.80 Å². The molecule has 0 unspecified atom stereocenters. The van der Waals surface area contributed by atoms with E-state index in [2.05, 4.69) is 15.1 Å². The SMILES string of the molecule is CS(=O)(=O)CC12CC(N3C[C@@H]4CNCCN4C3)(C1)C2. The summed E-state index contributed by atoms with van der Waals surface area (Å²) in [5.41, 5.74) is 0.511. The highest BCUT2D eigenvalue weighted by Crippen LogP contribution is 2.70. The molecule has 2 saturated heterocycles. The highest BCUT2D eigenvalue weighted by atomic mass is 32.2. The maximum absolute atomic E-state index is 11.5. The molecule has 0 aromatic rings. The quantitative estimate of drug-likeness (QED) is 0.758. The standard InChI is InChI=1S/C13H23N3O2S/c1-19(17,18)9-12-6-13(7-12,8-12)16-5-11-4-14-2-3-15(11)10-16/h11,14H,2-10H2,1H3/t11-,12?,13?/m0/s1. The molecule has 2 heterocycles. The van der Waals surface area contributed by atoms with E-state index in [-0.39, 0.29) is 5.41 Å². The first-order chi connectivity index (χ1) is 8.90. The third-order valence-electron chi connectivity index (χ3n) is 5.61. The molecule has 1 atom stereocenters. The van der Waals surface area contributed by atoms with Gasteiger partial charge >= 0.3 is 0 Å². The molecule has 3 aliphatic carbocycles. The molecule has 108 valence electrons. The molecule has 6 heteroatoms. The van der Waals surface area contributed by atoms with Gasteiger partial charge in [-0.1, -0.05) is 0 Å². The van der Waals surface area contributed by atoms with Gasteiger partial charge in [0.2, 0.25) is 0 Å². The maximum Gasteiger partial charge on any atom is 0.148 e. The fourth-order valence-corrected chi connectivity index (χ4v) is 6.45. The van der Waals surface area contributed by atoms with Gasteiger partial charge in [-0.25, -0.2) is 8.42 Å². The molecule has 0 aromatic carbocycles. The Bertz CT molecular complexity index is 470. The first kappa shape index (κ1) is 12.6. The molecule has 5 nitrogen and oxygen atoms in total. The Labute approximate surface area is 115 Å². The fourth-order valence-electron chi connectivity index (χ4n) is 5.03. The Morgan fingerprint density at radius 2 is 2.05 bits per heavy atom. The second kappa shape index (κ2) is 3.72. The average molecular weight is 285 g/mol. The number of sulfone groups is 1. The van der Waals surface area contributed by atoms with Crippen LogP contribution in [0.2, 0.25) is 0 Å². The highest BCUT2D eigenvalue weighted by Gasteiger charge is 2.71. The van der Waals surface area contributed by atoms with Gasteiger partial charge < -0.3 is 5.32 Å². The third-order valence-corrected chi connectivity index (χ3v) is 6.74. The van der Waals surface area contributed by atoms with E-state index in [1.54, 1.807) is 0 Å². The molecule has 5 aliphatic rings. The number of rotatable bonds is 3. The van der Waals surface area contributed by atoms with Gasteiger partial charge in [0, 0.05) is 44.0 Å². The summed E-state index contributed by atoms with van der Waals surface area (Å²) in [4.78, 5) is 5.22. The van der Waals surface area contributed by atoms with E-state index in [0.717, 1.165) is 45.6 Å². The number of hydrogen-bond donors (Lipinski definition) is 1. The Hall–Kier alpha value is -0.170. The molecule has 0 radical (unpaired) electrons. The molecular weight excluding hydrogens is 262 g/mol. The van der Waals surface area contributed by atoms with Crippen molar-refractivity contribution in [2.75, 3.05) is 44.9 Å². The molecule has 2 aliphatic heterocycles. The minimum absolute atomic E-state index is 0.148. The van der Waals surface area contributed by atoms with Crippen molar-refractivity contribution in [2.24, 2.45) is 5.41 Å². The van der Waals surface area contributed by atoms with Crippen LogP contribution < -0.4 is 5.32 Å². The Balaban J connectivity index is 1.40. The van der Waals surface area contributed by atoms with Gasteiger partial charge in [0.1, 0.15) is 9.84 Å². The molecule has 0 amide bonds. The third kappa shape index (κ3) is 1.87. The summed E-state index contributed by atoms with van der Waals surface area (Å²) in [6, 6.07) is 0.675. The zero-order valence-corrected chi connectivity index (χ0v) is 12.4. The molecule has 19 heavy (non-hydrogen) atoms. The van der Waals surface area contributed by atoms with E-state index < -0.39 is 9.84 Å². The molecule has 5 fully saturated rings. The van der Waals surface area contributed by atoms with Crippen molar-refractivity contribution >= 4 is 9.84 Å². The van der Waals surface area contributed by atoms with Crippen molar-refractivity contribution in [1.29, 1.82) is 0 Å². The van der Waals surface area contributed by atoms with Crippen LogP contribution in [-0.4, -0.2) is 74.7 Å². The van der Waals surface area contributed by atoms with Gasteiger partial charge in [-0.05, 0) is 24.7 Å². The van der Waals surface area contributed by atoms with Crippen LogP contribution in [0.1, 0.15) is 19.3 Å². The lowest BCUT2D eigenvalue weighted by Crippen LogP contribution is -2.75. The Morgan fingerprint density at radius 3 is 2.68 bits per heavy atom. The van der Waals surface area contributed by atoms with E-state index in [0.29, 0.717) is 17.3 Å². The van der Waals surface area contributed by atoms with Crippen LogP contribution in [0.3, 0.4) is 0 Å². The van der Waals surface area contributed by atoms with Gasteiger partial charge in [-0.2, -0.15) is 0 Å².